The summed E-state index contributed by atoms with van der Waals surface area (Å²) < 4.78 is 0. The molecule has 0 spiro atoms. The summed E-state index contributed by atoms with van der Waals surface area (Å²) in [5, 5.41) is 9.00. The van der Waals surface area contributed by atoms with E-state index in [0.717, 1.165) is 31.1 Å². The molecule has 0 atom stereocenters. The van der Waals surface area contributed by atoms with Crippen molar-refractivity contribution in [3.05, 3.63) is 0 Å². The van der Waals surface area contributed by atoms with Crippen LogP contribution in [0.15, 0.2) is 0 Å². The Morgan fingerprint density at radius 2 is 2.00 bits per heavy atom. The molecule has 1 aliphatic heterocycles. The average Bonchev–Trinajstić information content (AvgIpc) is 2.99. The van der Waals surface area contributed by atoms with Crippen molar-refractivity contribution in [3.8, 4) is 0 Å². The molecule has 0 radical (unpaired) electrons. The maximum atomic E-state index is 12.2. The Morgan fingerprint density at radius 1 is 1.22 bits per heavy atom. The number of amides is 1. The van der Waals surface area contributed by atoms with Gasteiger partial charge in [0.15, 0.2) is 0 Å². The highest BCUT2D eigenvalue weighted by Crippen LogP contribution is 2.27. The van der Waals surface area contributed by atoms with Crippen LogP contribution < -0.4 is 10.6 Å². The van der Waals surface area contributed by atoms with Gasteiger partial charge in [0.2, 0.25) is 16.2 Å². The van der Waals surface area contributed by atoms with E-state index in [1.165, 1.54) is 24.2 Å². The summed E-state index contributed by atoms with van der Waals surface area (Å²) in [4.78, 5) is 16.2. The molecule has 1 aromatic heterocycles. The van der Waals surface area contributed by atoms with Crippen molar-refractivity contribution >= 4 is 27.5 Å². The van der Waals surface area contributed by atoms with Crippen LogP contribution in [0, 0.1) is 0 Å². The number of aromatic nitrogens is 2. The van der Waals surface area contributed by atoms with Gasteiger partial charge in [-0.25, -0.2) is 0 Å². The first kappa shape index (κ1) is 11.7. The van der Waals surface area contributed by atoms with Crippen LogP contribution in [0.2, 0.25) is 0 Å². The van der Waals surface area contributed by atoms with Crippen molar-refractivity contribution < 1.29 is 4.79 Å². The molecule has 1 saturated heterocycles. The molecule has 1 aliphatic carbocycles. The number of nitrogens with two attached hydrogens (primary N) is 1. The number of hydrogen-bond donors (Lipinski definition) is 1. The van der Waals surface area contributed by atoms with Gasteiger partial charge in [-0.05, 0) is 12.8 Å². The van der Waals surface area contributed by atoms with E-state index >= 15 is 0 Å². The summed E-state index contributed by atoms with van der Waals surface area (Å²) >= 11 is 1.34. The smallest absolute Gasteiger partial charge is 0.242 e. The number of carbonyl (C=O) groups excluding carboxylic acids is 1. The topological polar surface area (TPSA) is 75.3 Å². The van der Waals surface area contributed by atoms with Crippen LogP contribution in [-0.4, -0.2) is 46.7 Å². The fourth-order valence-electron chi connectivity index (χ4n) is 2.81. The number of anilines is 2. The molecule has 0 bridgehead atoms. The van der Waals surface area contributed by atoms with Gasteiger partial charge in [-0.3, -0.25) is 4.79 Å². The number of hydrogen-bond acceptors (Lipinski definition) is 6. The Labute approximate surface area is 110 Å². The highest BCUT2D eigenvalue weighted by molar-refractivity contribution is 7.18. The summed E-state index contributed by atoms with van der Waals surface area (Å²) in [5.74, 6) is 0.210. The average molecular weight is 267 g/mol. The van der Waals surface area contributed by atoms with Crippen LogP contribution in [0.1, 0.15) is 25.7 Å². The Morgan fingerprint density at radius 3 is 2.61 bits per heavy atom. The quantitative estimate of drug-likeness (QED) is 0.854. The standard InChI is InChI=1S/C11H17N5OS/c12-10-13-14-11(18-10)15-5-6-16(9(17)7-15)8-3-1-2-4-8/h8H,1-7H2,(H2,12,13). The molecule has 2 N–H and O–H groups in total. The van der Waals surface area contributed by atoms with E-state index in [1.807, 2.05) is 9.80 Å². The van der Waals surface area contributed by atoms with Gasteiger partial charge in [-0.2, -0.15) is 0 Å². The van der Waals surface area contributed by atoms with E-state index in [9.17, 15) is 4.79 Å². The lowest BCUT2D eigenvalue weighted by atomic mass is 10.2. The summed E-state index contributed by atoms with van der Waals surface area (Å²) in [6, 6.07) is 0.471. The molecule has 3 rings (SSSR count). The third-order valence-corrected chi connectivity index (χ3v) is 4.54. The Hall–Kier alpha value is -1.37. The lowest BCUT2D eigenvalue weighted by molar-refractivity contribution is -0.133. The van der Waals surface area contributed by atoms with Crippen LogP contribution in [0.5, 0.6) is 0 Å². The molecule has 2 heterocycles. The van der Waals surface area contributed by atoms with Gasteiger partial charge in [0.25, 0.3) is 0 Å². The predicted molar refractivity (Wildman–Crippen MR) is 70.5 cm³/mol. The maximum absolute atomic E-state index is 12.2. The molecular formula is C11H17N5OS. The molecule has 6 nitrogen and oxygen atoms in total. The van der Waals surface area contributed by atoms with E-state index in [2.05, 4.69) is 10.2 Å². The first-order valence-corrected chi connectivity index (χ1v) is 7.19. The lowest BCUT2D eigenvalue weighted by Gasteiger charge is -2.37. The third-order valence-electron chi connectivity index (χ3n) is 3.72. The van der Waals surface area contributed by atoms with Crippen molar-refractivity contribution in [2.45, 2.75) is 31.7 Å². The number of rotatable bonds is 2. The summed E-state index contributed by atoms with van der Waals surface area (Å²) in [7, 11) is 0. The van der Waals surface area contributed by atoms with E-state index in [1.54, 1.807) is 0 Å². The predicted octanol–water partition coefficient (Wildman–Crippen LogP) is 0.711. The van der Waals surface area contributed by atoms with Gasteiger partial charge < -0.3 is 15.5 Å². The molecule has 18 heavy (non-hydrogen) atoms. The molecule has 98 valence electrons. The van der Waals surface area contributed by atoms with Crippen molar-refractivity contribution in [1.29, 1.82) is 0 Å². The van der Waals surface area contributed by atoms with Gasteiger partial charge in [-0.15, -0.1) is 10.2 Å². The number of nitrogens with zero attached hydrogens (tertiary/aromatic N) is 4. The summed E-state index contributed by atoms with van der Waals surface area (Å²) in [5.41, 5.74) is 5.57. The molecule has 7 heteroatoms. The van der Waals surface area contributed by atoms with E-state index in [0.29, 0.717) is 17.7 Å². The largest absolute Gasteiger partial charge is 0.374 e. The highest BCUT2D eigenvalue weighted by atomic mass is 32.1. The molecular weight excluding hydrogens is 250 g/mol. The van der Waals surface area contributed by atoms with Crippen LogP contribution in [0.4, 0.5) is 10.3 Å². The van der Waals surface area contributed by atoms with Gasteiger partial charge >= 0.3 is 0 Å². The van der Waals surface area contributed by atoms with Crippen molar-refractivity contribution in [2.75, 3.05) is 30.3 Å². The molecule has 0 aromatic carbocycles. The zero-order valence-corrected chi connectivity index (χ0v) is 11.0. The van der Waals surface area contributed by atoms with Gasteiger partial charge in [-0.1, -0.05) is 24.2 Å². The van der Waals surface area contributed by atoms with Crippen LogP contribution >= 0.6 is 11.3 Å². The van der Waals surface area contributed by atoms with Gasteiger partial charge in [0.1, 0.15) is 0 Å². The highest BCUT2D eigenvalue weighted by Gasteiger charge is 2.32. The van der Waals surface area contributed by atoms with Crippen LogP contribution in [0.25, 0.3) is 0 Å². The molecule has 0 unspecified atom stereocenters. The second kappa shape index (κ2) is 4.72. The van der Waals surface area contributed by atoms with Gasteiger partial charge in [0, 0.05) is 19.1 Å². The Balaban J connectivity index is 1.66. The molecule has 2 aliphatic rings. The van der Waals surface area contributed by atoms with Crippen LogP contribution in [0.3, 0.4) is 0 Å². The molecule has 2 fully saturated rings. The zero-order chi connectivity index (χ0) is 12.5. The normalized spacial score (nSPS) is 21.9. The minimum absolute atomic E-state index is 0.210. The molecule has 1 amide bonds. The first-order chi connectivity index (χ1) is 8.74. The first-order valence-electron chi connectivity index (χ1n) is 6.37. The van der Waals surface area contributed by atoms with Crippen molar-refractivity contribution in [1.82, 2.24) is 15.1 Å². The Bertz CT molecular complexity index is 442. The fraction of sp³-hybridized carbons (Fsp3) is 0.727. The molecule has 1 aromatic rings. The summed E-state index contributed by atoms with van der Waals surface area (Å²) in [6.45, 7) is 2.03. The fourth-order valence-corrected chi connectivity index (χ4v) is 3.44. The SMILES string of the molecule is Nc1nnc(N2CCN(C3CCCC3)C(=O)C2)s1. The lowest BCUT2D eigenvalue weighted by Crippen LogP contribution is -2.53. The van der Waals surface area contributed by atoms with Crippen molar-refractivity contribution in [3.63, 3.8) is 0 Å². The maximum Gasteiger partial charge on any atom is 0.242 e. The Kier molecular flexibility index (Phi) is 3.07. The minimum atomic E-state index is 0.210. The monoisotopic (exact) mass is 267 g/mol. The van der Waals surface area contributed by atoms with E-state index in [4.69, 9.17) is 5.73 Å². The minimum Gasteiger partial charge on any atom is -0.374 e. The van der Waals surface area contributed by atoms with Gasteiger partial charge in [0.05, 0.1) is 6.54 Å². The summed E-state index contributed by atoms with van der Waals surface area (Å²) in [6.07, 6.45) is 4.84. The zero-order valence-electron chi connectivity index (χ0n) is 10.2. The second-order valence-electron chi connectivity index (χ2n) is 4.87. The number of nitrogen functional groups attached to an aromatic ring is 1. The van der Waals surface area contributed by atoms with E-state index in [-0.39, 0.29) is 5.91 Å². The van der Waals surface area contributed by atoms with Crippen LogP contribution in [-0.2, 0) is 4.79 Å². The number of piperazine rings is 1. The third kappa shape index (κ3) is 2.14. The van der Waals surface area contributed by atoms with E-state index < -0.39 is 0 Å². The van der Waals surface area contributed by atoms with Crippen molar-refractivity contribution in [2.24, 2.45) is 0 Å². The number of carbonyl (C=O) groups is 1. The molecule has 1 saturated carbocycles. The second-order valence-corrected chi connectivity index (χ2v) is 5.86.